The first kappa shape index (κ1) is 14.3. The molecule has 1 amide bonds. The van der Waals surface area contributed by atoms with Crippen molar-refractivity contribution in [3.05, 3.63) is 23.8 Å². The Labute approximate surface area is 117 Å². The second-order valence-electron chi connectivity index (χ2n) is 4.83. The summed E-state index contributed by atoms with van der Waals surface area (Å²) in [6.45, 7) is 0.567. The molecule has 108 valence electrons. The molecule has 1 heterocycles. The largest absolute Gasteiger partial charge is 0.478 e. The Morgan fingerprint density at radius 1 is 1.40 bits per heavy atom. The van der Waals surface area contributed by atoms with Crippen LogP contribution in [0.5, 0.6) is 0 Å². The van der Waals surface area contributed by atoms with E-state index >= 15 is 0 Å². The summed E-state index contributed by atoms with van der Waals surface area (Å²) in [6, 6.07) is 4.47. The maximum Gasteiger partial charge on any atom is 0.337 e. The number of carboxylic acids is 1. The van der Waals surface area contributed by atoms with Crippen LogP contribution in [0.15, 0.2) is 18.2 Å². The Morgan fingerprint density at radius 3 is 2.75 bits per heavy atom. The van der Waals surface area contributed by atoms with Crippen LogP contribution >= 0.6 is 0 Å². The van der Waals surface area contributed by atoms with Crippen LogP contribution in [0, 0.1) is 0 Å². The number of nitrogens with zero attached hydrogens (tertiary/aromatic N) is 1. The minimum absolute atomic E-state index is 0.0108. The monoisotopic (exact) mass is 278 g/mol. The lowest BCUT2D eigenvalue weighted by molar-refractivity contribution is -0.132. The molecular formula is C14H18N2O4. The fourth-order valence-electron chi connectivity index (χ4n) is 2.29. The molecule has 2 rings (SSSR count). The van der Waals surface area contributed by atoms with E-state index in [9.17, 15) is 14.7 Å². The summed E-state index contributed by atoms with van der Waals surface area (Å²) in [4.78, 5) is 24.9. The van der Waals surface area contributed by atoms with Gasteiger partial charge in [0.05, 0.1) is 11.3 Å². The number of carbonyl (C=O) groups excluding carboxylic acids is 1. The fourth-order valence-corrected chi connectivity index (χ4v) is 2.29. The molecule has 20 heavy (non-hydrogen) atoms. The number of amides is 1. The van der Waals surface area contributed by atoms with Gasteiger partial charge in [0.25, 0.3) is 5.91 Å². The van der Waals surface area contributed by atoms with Gasteiger partial charge in [-0.3, -0.25) is 4.79 Å². The number of rotatable bonds is 3. The minimum atomic E-state index is -1.11. The summed E-state index contributed by atoms with van der Waals surface area (Å²) in [5.41, 5.74) is 6.28. The molecule has 1 saturated heterocycles. The van der Waals surface area contributed by atoms with Crippen LogP contribution < -0.4 is 10.6 Å². The summed E-state index contributed by atoms with van der Waals surface area (Å²) >= 11 is 0. The van der Waals surface area contributed by atoms with Gasteiger partial charge in [0.2, 0.25) is 0 Å². The van der Waals surface area contributed by atoms with Gasteiger partial charge in [-0.1, -0.05) is 0 Å². The smallest absolute Gasteiger partial charge is 0.337 e. The molecule has 1 fully saturated rings. The highest BCUT2D eigenvalue weighted by Crippen LogP contribution is 2.25. The Hall–Kier alpha value is -2.08. The molecule has 1 atom stereocenters. The van der Waals surface area contributed by atoms with Gasteiger partial charge in [0.1, 0.15) is 6.10 Å². The van der Waals surface area contributed by atoms with Crippen molar-refractivity contribution in [3.8, 4) is 0 Å². The quantitative estimate of drug-likeness (QED) is 0.817. The van der Waals surface area contributed by atoms with E-state index in [-0.39, 0.29) is 11.5 Å². The number of ether oxygens (including phenoxy) is 1. The van der Waals surface area contributed by atoms with Crippen LogP contribution in [-0.2, 0) is 9.53 Å². The first-order chi connectivity index (χ1) is 9.50. The summed E-state index contributed by atoms with van der Waals surface area (Å²) in [5.74, 6) is -1.34. The van der Waals surface area contributed by atoms with E-state index in [2.05, 4.69) is 0 Å². The molecule has 6 heteroatoms. The number of carboxylic acid groups (broad SMARTS) is 1. The molecule has 0 radical (unpaired) electrons. The van der Waals surface area contributed by atoms with E-state index in [1.807, 2.05) is 0 Å². The van der Waals surface area contributed by atoms with Gasteiger partial charge in [0.15, 0.2) is 0 Å². The molecule has 0 saturated carbocycles. The van der Waals surface area contributed by atoms with Gasteiger partial charge < -0.3 is 20.5 Å². The highest BCUT2D eigenvalue weighted by molar-refractivity contribution is 6.03. The number of benzene rings is 1. The minimum Gasteiger partial charge on any atom is -0.478 e. The van der Waals surface area contributed by atoms with E-state index in [0.29, 0.717) is 24.4 Å². The molecule has 1 aliphatic heterocycles. The van der Waals surface area contributed by atoms with Crippen molar-refractivity contribution in [2.75, 3.05) is 24.3 Å². The number of likely N-dealkylation sites (N-methyl/N-ethyl adjacent to an activating group) is 1. The van der Waals surface area contributed by atoms with Gasteiger partial charge in [-0.2, -0.15) is 0 Å². The first-order valence-electron chi connectivity index (χ1n) is 6.52. The molecule has 6 nitrogen and oxygen atoms in total. The van der Waals surface area contributed by atoms with Gasteiger partial charge in [-0.25, -0.2) is 4.79 Å². The van der Waals surface area contributed by atoms with Gasteiger partial charge in [0, 0.05) is 19.3 Å². The lowest BCUT2D eigenvalue weighted by Gasteiger charge is -2.27. The van der Waals surface area contributed by atoms with Gasteiger partial charge in [-0.05, 0) is 37.5 Å². The molecule has 0 spiro atoms. The predicted molar refractivity (Wildman–Crippen MR) is 74.8 cm³/mol. The summed E-state index contributed by atoms with van der Waals surface area (Å²) < 4.78 is 5.44. The second-order valence-corrected chi connectivity index (χ2v) is 4.83. The summed E-state index contributed by atoms with van der Waals surface area (Å²) in [5, 5.41) is 9.21. The molecule has 1 aliphatic rings. The van der Waals surface area contributed by atoms with Crippen LogP contribution in [0.2, 0.25) is 0 Å². The normalized spacial score (nSPS) is 18.6. The highest BCUT2D eigenvalue weighted by atomic mass is 16.5. The number of anilines is 2. The van der Waals surface area contributed by atoms with E-state index in [1.54, 1.807) is 19.2 Å². The van der Waals surface area contributed by atoms with Crippen molar-refractivity contribution in [3.63, 3.8) is 0 Å². The average Bonchev–Trinajstić information content (AvgIpc) is 2.46. The van der Waals surface area contributed by atoms with E-state index < -0.39 is 12.1 Å². The third kappa shape index (κ3) is 2.91. The van der Waals surface area contributed by atoms with Crippen LogP contribution in [0.1, 0.15) is 29.6 Å². The van der Waals surface area contributed by atoms with Crippen molar-refractivity contribution in [1.29, 1.82) is 0 Å². The molecular weight excluding hydrogens is 260 g/mol. The Balaban J connectivity index is 2.25. The number of nitrogen functional groups attached to an aromatic ring is 1. The van der Waals surface area contributed by atoms with Crippen molar-refractivity contribution in [2.45, 2.75) is 25.4 Å². The zero-order valence-corrected chi connectivity index (χ0v) is 11.3. The molecule has 1 aromatic carbocycles. The SMILES string of the molecule is CN(C(=O)C1CCCCO1)c1ccc(N)cc1C(=O)O. The van der Waals surface area contributed by atoms with Crippen LogP contribution in [-0.4, -0.2) is 36.7 Å². The zero-order chi connectivity index (χ0) is 14.7. The van der Waals surface area contributed by atoms with Crippen molar-refractivity contribution < 1.29 is 19.4 Å². The van der Waals surface area contributed by atoms with Gasteiger partial charge >= 0.3 is 5.97 Å². The Bertz CT molecular complexity index is 524. The number of hydrogen-bond donors (Lipinski definition) is 2. The first-order valence-corrected chi connectivity index (χ1v) is 6.52. The van der Waals surface area contributed by atoms with Crippen LogP contribution in [0.3, 0.4) is 0 Å². The maximum atomic E-state index is 12.3. The molecule has 0 bridgehead atoms. The fraction of sp³-hybridized carbons (Fsp3) is 0.429. The zero-order valence-electron chi connectivity index (χ0n) is 11.3. The Morgan fingerprint density at radius 2 is 2.15 bits per heavy atom. The average molecular weight is 278 g/mol. The highest BCUT2D eigenvalue weighted by Gasteiger charge is 2.27. The standard InChI is InChI=1S/C14H18N2O4/c1-16(13(17)12-4-2-3-7-20-12)11-6-5-9(15)8-10(11)14(18)19/h5-6,8,12H,2-4,7,15H2,1H3,(H,18,19). The topological polar surface area (TPSA) is 92.9 Å². The maximum absolute atomic E-state index is 12.3. The molecule has 3 N–H and O–H groups in total. The number of hydrogen-bond acceptors (Lipinski definition) is 4. The third-order valence-electron chi connectivity index (χ3n) is 3.40. The van der Waals surface area contributed by atoms with E-state index in [0.717, 1.165) is 12.8 Å². The molecule has 0 aromatic heterocycles. The number of aromatic carboxylic acids is 1. The van der Waals surface area contributed by atoms with E-state index in [4.69, 9.17) is 10.5 Å². The second kappa shape index (κ2) is 5.92. The molecule has 0 aliphatic carbocycles. The van der Waals surface area contributed by atoms with Gasteiger partial charge in [-0.15, -0.1) is 0 Å². The molecule has 1 unspecified atom stereocenters. The lowest BCUT2D eigenvalue weighted by atomic mass is 10.1. The van der Waals surface area contributed by atoms with Crippen molar-refractivity contribution >= 4 is 23.3 Å². The van der Waals surface area contributed by atoms with Crippen LogP contribution in [0.25, 0.3) is 0 Å². The third-order valence-corrected chi connectivity index (χ3v) is 3.40. The van der Waals surface area contributed by atoms with Crippen molar-refractivity contribution in [1.82, 2.24) is 0 Å². The lowest BCUT2D eigenvalue weighted by Crippen LogP contribution is -2.40. The van der Waals surface area contributed by atoms with E-state index in [1.165, 1.54) is 11.0 Å². The van der Waals surface area contributed by atoms with Crippen LogP contribution in [0.4, 0.5) is 11.4 Å². The summed E-state index contributed by atoms with van der Waals surface area (Å²) in [6.07, 6.45) is 2.07. The summed E-state index contributed by atoms with van der Waals surface area (Å²) in [7, 11) is 1.55. The number of carbonyl (C=O) groups is 2. The number of nitrogens with two attached hydrogens (primary N) is 1. The Kier molecular flexibility index (Phi) is 4.24. The van der Waals surface area contributed by atoms with Crippen molar-refractivity contribution in [2.24, 2.45) is 0 Å². The predicted octanol–water partition coefficient (Wildman–Crippen LogP) is 1.50. The molecule has 1 aromatic rings.